The monoisotopic (exact) mass is 379 g/mol. The smallest absolute Gasteiger partial charge is 0.343 e. The molecule has 1 aliphatic rings. The third-order valence-corrected chi connectivity index (χ3v) is 4.33. The molecular formula is C16H18BrN3O3. The van der Waals surface area contributed by atoms with Gasteiger partial charge in [0.15, 0.2) is 0 Å². The van der Waals surface area contributed by atoms with Crippen LogP contribution in [-0.4, -0.2) is 29.0 Å². The lowest BCUT2D eigenvalue weighted by Crippen LogP contribution is -2.16. The minimum absolute atomic E-state index is 0.0758. The molecular weight excluding hydrogens is 362 g/mol. The molecule has 2 heterocycles. The number of hydrogen-bond donors (Lipinski definition) is 1. The van der Waals surface area contributed by atoms with Gasteiger partial charge in [0.05, 0.1) is 25.5 Å². The number of ether oxygens (including phenoxy) is 2. The van der Waals surface area contributed by atoms with Crippen molar-refractivity contribution in [3.63, 3.8) is 0 Å². The van der Waals surface area contributed by atoms with Crippen LogP contribution in [0.2, 0.25) is 0 Å². The van der Waals surface area contributed by atoms with Crippen LogP contribution in [0.25, 0.3) is 0 Å². The van der Waals surface area contributed by atoms with Crippen LogP contribution in [0.4, 0.5) is 5.82 Å². The Bertz CT molecular complexity index is 729. The fourth-order valence-corrected chi connectivity index (χ4v) is 3.14. The Labute approximate surface area is 142 Å². The van der Waals surface area contributed by atoms with E-state index in [4.69, 9.17) is 15.2 Å². The molecule has 0 bridgehead atoms. The van der Waals surface area contributed by atoms with Gasteiger partial charge in [0, 0.05) is 10.0 Å². The fourth-order valence-electron chi connectivity index (χ4n) is 2.77. The minimum atomic E-state index is -0.449. The highest BCUT2D eigenvalue weighted by Crippen LogP contribution is 2.37. The van der Waals surface area contributed by atoms with E-state index in [1.165, 1.54) is 6.20 Å². The molecule has 23 heavy (non-hydrogen) atoms. The largest absolute Gasteiger partial charge is 0.493 e. The number of carbonyl (C=O) groups is 1. The molecule has 6 nitrogen and oxygen atoms in total. The van der Waals surface area contributed by atoms with Crippen molar-refractivity contribution in [1.29, 1.82) is 0 Å². The van der Waals surface area contributed by atoms with Crippen molar-refractivity contribution < 1.29 is 14.3 Å². The third kappa shape index (κ3) is 3.06. The number of nitrogens with two attached hydrogens (primary N) is 1. The molecule has 7 heteroatoms. The molecule has 0 saturated carbocycles. The number of hydrogen-bond acceptors (Lipinski definition) is 5. The first-order valence-corrected chi connectivity index (χ1v) is 8.33. The van der Waals surface area contributed by atoms with E-state index >= 15 is 0 Å². The zero-order chi connectivity index (χ0) is 16.4. The topological polar surface area (TPSA) is 79.4 Å². The molecule has 0 amide bonds. The SMILES string of the molecule is CCOC(=O)c1cnn(C2CCCOc3ccc(Br)cc32)c1N. The van der Waals surface area contributed by atoms with Crippen molar-refractivity contribution in [2.24, 2.45) is 0 Å². The summed E-state index contributed by atoms with van der Waals surface area (Å²) in [5.41, 5.74) is 7.46. The first-order chi connectivity index (χ1) is 11.1. The molecule has 1 unspecified atom stereocenters. The Morgan fingerprint density at radius 1 is 1.57 bits per heavy atom. The van der Waals surface area contributed by atoms with Crippen LogP contribution in [0.5, 0.6) is 5.75 Å². The highest BCUT2D eigenvalue weighted by atomic mass is 79.9. The molecule has 122 valence electrons. The van der Waals surface area contributed by atoms with Gasteiger partial charge in [0.1, 0.15) is 17.1 Å². The second-order valence-corrected chi connectivity index (χ2v) is 6.21. The number of nitrogen functional groups attached to an aromatic ring is 1. The Hall–Kier alpha value is -2.02. The van der Waals surface area contributed by atoms with Gasteiger partial charge in [0.2, 0.25) is 0 Å². The molecule has 0 fully saturated rings. The summed E-state index contributed by atoms with van der Waals surface area (Å²) in [6.45, 7) is 2.71. The summed E-state index contributed by atoms with van der Waals surface area (Å²) in [5, 5.41) is 4.33. The van der Waals surface area contributed by atoms with E-state index in [2.05, 4.69) is 21.0 Å². The Balaban J connectivity index is 2.02. The molecule has 1 aromatic carbocycles. The number of fused-ring (bicyclic) bond motifs is 1. The normalized spacial score (nSPS) is 17.0. The van der Waals surface area contributed by atoms with Crippen molar-refractivity contribution in [2.45, 2.75) is 25.8 Å². The van der Waals surface area contributed by atoms with E-state index in [1.54, 1.807) is 11.6 Å². The van der Waals surface area contributed by atoms with Gasteiger partial charge in [-0.25, -0.2) is 9.48 Å². The maximum absolute atomic E-state index is 11.9. The van der Waals surface area contributed by atoms with Crippen LogP contribution in [0.15, 0.2) is 28.9 Å². The van der Waals surface area contributed by atoms with Crippen molar-refractivity contribution >= 4 is 27.7 Å². The highest BCUT2D eigenvalue weighted by molar-refractivity contribution is 9.10. The van der Waals surface area contributed by atoms with Crippen molar-refractivity contribution in [3.8, 4) is 5.75 Å². The average Bonchev–Trinajstić information content (AvgIpc) is 2.78. The van der Waals surface area contributed by atoms with E-state index < -0.39 is 5.97 Å². The fraction of sp³-hybridized carbons (Fsp3) is 0.375. The lowest BCUT2D eigenvalue weighted by atomic mass is 10.0. The van der Waals surface area contributed by atoms with Crippen molar-refractivity contribution in [2.75, 3.05) is 18.9 Å². The summed E-state index contributed by atoms with van der Waals surface area (Å²) in [6, 6.07) is 5.81. The molecule has 1 atom stereocenters. The number of halogens is 1. The van der Waals surface area contributed by atoms with Gasteiger partial charge in [0.25, 0.3) is 0 Å². The molecule has 3 rings (SSSR count). The lowest BCUT2D eigenvalue weighted by Gasteiger charge is -2.19. The molecule has 0 spiro atoms. The maximum Gasteiger partial charge on any atom is 0.343 e. The van der Waals surface area contributed by atoms with Gasteiger partial charge in [-0.15, -0.1) is 0 Å². The molecule has 0 radical (unpaired) electrons. The van der Waals surface area contributed by atoms with Gasteiger partial charge in [-0.3, -0.25) is 0 Å². The molecule has 0 saturated heterocycles. The Morgan fingerprint density at radius 3 is 3.17 bits per heavy atom. The summed E-state index contributed by atoms with van der Waals surface area (Å²) in [7, 11) is 0. The number of carbonyl (C=O) groups excluding carboxylic acids is 1. The van der Waals surface area contributed by atoms with Gasteiger partial charge in [-0.05, 0) is 38.0 Å². The number of esters is 1. The molecule has 1 aliphatic heterocycles. The van der Waals surface area contributed by atoms with Crippen molar-refractivity contribution in [3.05, 3.63) is 40.0 Å². The summed E-state index contributed by atoms with van der Waals surface area (Å²) in [4.78, 5) is 11.9. The zero-order valence-corrected chi connectivity index (χ0v) is 14.4. The van der Waals surface area contributed by atoms with Gasteiger partial charge in [-0.1, -0.05) is 15.9 Å². The number of benzene rings is 1. The predicted molar refractivity (Wildman–Crippen MR) is 89.6 cm³/mol. The van der Waals surface area contributed by atoms with Crippen molar-refractivity contribution in [1.82, 2.24) is 9.78 Å². The number of anilines is 1. The molecule has 0 aliphatic carbocycles. The van der Waals surface area contributed by atoms with E-state index in [0.29, 0.717) is 24.6 Å². The quantitative estimate of drug-likeness (QED) is 0.828. The second kappa shape index (κ2) is 6.62. The second-order valence-electron chi connectivity index (χ2n) is 5.30. The molecule has 2 aromatic rings. The summed E-state index contributed by atoms with van der Waals surface area (Å²) in [6.07, 6.45) is 3.18. The van der Waals surface area contributed by atoms with Gasteiger partial charge < -0.3 is 15.2 Å². The molecule has 1 aromatic heterocycles. The maximum atomic E-state index is 11.9. The Kier molecular flexibility index (Phi) is 4.56. The van der Waals surface area contributed by atoms with Gasteiger partial charge >= 0.3 is 5.97 Å². The zero-order valence-electron chi connectivity index (χ0n) is 12.8. The first kappa shape index (κ1) is 15.9. The van der Waals surface area contributed by atoms with Crippen LogP contribution >= 0.6 is 15.9 Å². The molecule has 2 N–H and O–H groups in total. The number of rotatable bonds is 3. The minimum Gasteiger partial charge on any atom is -0.493 e. The summed E-state index contributed by atoms with van der Waals surface area (Å²) >= 11 is 3.49. The summed E-state index contributed by atoms with van der Waals surface area (Å²) < 4.78 is 13.5. The van der Waals surface area contributed by atoms with Crippen LogP contribution in [0, 0.1) is 0 Å². The summed E-state index contributed by atoms with van der Waals surface area (Å²) in [5.74, 6) is 0.695. The third-order valence-electron chi connectivity index (χ3n) is 3.83. The van der Waals surface area contributed by atoms with Crippen LogP contribution in [0.1, 0.15) is 41.7 Å². The highest BCUT2D eigenvalue weighted by Gasteiger charge is 2.26. The average molecular weight is 380 g/mol. The Morgan fingerprint density at radius 2 is 2.39 bits per heavy atom. The first-order valence-electron chi connectivity index (χ1n) is 7.54. The number of nitrogens with zero attached hydrogens (tertiary/aromatic N) is 2. The van der Waals surface area contributed by atoms with E-state index in [9.17, 15) is 4.79 Å². The van der Waals surface area contributed by atoms with E-state index in [1.807, 2.05) is 18.2 Å². The predicted octanol–water partition coefficient (Wildman–Crippen LogP) is 3.17. The van der Waals surface area contributed by atoms with Crippen LogP contribution in [0.3, 0.4) is 0 Å². The number of aromatic nitrogens is 2. The van der Waals surface area contributed by atoms with E-state index in [-0.39, 0.29) is 6.04 Å². The lowest BCUT2D eigenvalue weighted by molar-refractivity contribution is 0.0527. The van der Waals surface area contributed by atoms with Crippen LogP contribution < -0.4 is 10.5 Å². The van der Waals surface area contributed by atoms with Crippen LogP contribution in [-0.2, 0) is 4.74 Å². The van der Waals surface area contributed by atoms with E-state index in [0.717, 1.165) is 28.6 Å². The standard InChI is InChI=1S/C16H18BrN3O3/c1-2-22-16(21)12-9-19-20(15(12)18)13-4-3-7-23-14-6-5-10(17)8-11(13)14/h5-6,8-9,13H,2-4,7,18H2,1H3. The van der Waals surface area contributed by atoms with Gasteiger partial charge in [-0.2, -0.15) is 5.10 Å².